The molecule has 1 heterocycles. The minimum absolute atomic E-state index is 0.0444. The van der Waals surface area contributed by atoms with Crippen molar-refractivity contribution in [2.75, 3.05) is 18.9 Å². The maximum absolute atomic E-state index is 14.3. The first kappa shape index (κ1) is 20.9. The molecule has 0 spiro atoms. The lowest BCUT2D eigenvalue weighted by atomic mass is 9.86. The Bertz CT molecular complexity index is 744. The van der Waals surface area contributed by atoms with Crippen LogP contribution in [0.15, 0.2) is 23.2 Å². The number of carbonyl (C=O) groups excluding carboxylic acids is 1. The molecule has 1 aliphatic rings. The number of anilines is 1. The maximum atomic E-state index is 14.3. The van der Waals surface area contributed by atoms with Crippen LogP contribution in [0.25, 0.3) is 0 Å². The van der Waals surface area contributed by atoms with Gasteiger partial charge in [0.05, 0.1) is 6.61 Å². The Labute approximate surface area is 153 Å². The molecule has 0 saturated carbocycles. The van der Waals surface area contributed by atoms with Gasteiger partial charge >= 0.3 is 12.3 Å². The number of carbonyl (C=O) groups is 1. The summed E-state index contributed by atoms with van der Waals surface area (Å²) in [5.74, 6) is -1.52. The van der Waals surface area contributed by atoms with E-state index in [0.717, 1.165) is 18.2 Å². The summed E-state index contributed by atoms with van der Waals surface area (Å²) in [5.41, 5.74) is 0.965. The number of aliphatic imine (C=N–C) groups is 1. The Morgan fingerprint density at radius 2 is 2.00 bits per heavy atom. The third-order valence-electron chi connectivity index (χ3n) is 3.72. The molecule has 6 nitrogen and oxygen atoms in total. The Balaban J connectivity index is 2.52. The number of nitrogens with one attached hydrogen (secondary N) is 1. The predicted molar refractivity (Wildman–Crippen MR) is 90.8 cm³/mol. The lowest BCUT2D eigenvalue weighted by molar-refractivity contribution is -0.193. The van der Waals surface area contributed by atoms with Gasteiger partial charge in [-0.2, -0.15) is 13.2 Å². The fourth-order valence-electron chi connectivity index (χ4n) is 2.61. The number of amidine groups is 1. The molecular formula is C17H21F4N3O3. The highest BCUT2D eigenvalue weighted by molar-refractivity contribution is 5.96. The second-order valence-corrected chi connectivity index (χ2v) is 7.09. The van der Waals surface area contributed by atoms with Crippen LogP contribution in [0.2, 0.25) is 0 Å². The fraction of sp³-hybridized carbons (Fsp3) is 0.529. The molecule has 0 aliphatic carbocycles. The van der Waals surface area contributed by atoms with E-state index in [1.54, 1.807) is 20.8 Å². The average Bonchev–Trinajstić information content (AvgIpc) is 2.70. The molecule has 2 rings (SSSR count). The molecule has 10 heteroatoms. The summed E-state index contributed by atoms with van der Waals surface area (Å²) >= 11 is 0. The van der Waals surface area contributed by atoms with Gasteiger partial charge in [-0.25, -0.2) is 14.2 Å². The van der Waals surface area contributed by atoms with E-state index in [4.69, 9.17) is 15.2 Å². The third kappa shape index (κ3) is 4.88. The first-order valence-corrected chi connectivity index (χ1v) is 8.13. The van der Waals surface area contributed by atoms with Gasteiger partial charge in [-0.1, -0.05) is 0 Å². The highest BCUT2D eigenvalue weighted by Crippen LogP contribution is 2.47. The lowest BCUT2D eigenvalue weighted by Gasteiger charge is -2.32. The predicted octanol–water partition coefficient (Wildman–Crippen LogP) is 3.51. The highest BCUT2D eigenvalue weighted by atomic mass is 19.4. The molecule has 1 aromatic carbocycles. The van der Waals surface area contributed by atoms with Crippen molar-refractivity contribution in [3.8, 4) is 0 Å². The summed E-state index contributed by atoms with van der Waals surface area (Å²) in [4.78, 5) is 15.6. The van der Waals surface area contributed by atoms with E-state index in [0.29, 0.717) is 0 Å². The zero-order chi connectivity index (χ0) is 20.5. The van der Waals surface area contributed by atoms with Gasteiger partial charge < -0.3 is 15.2 Å². The van der Waals surface area contributed by atoms with Crippen LogP contribution in [0, 0.1) is 5.82 Å². The number of ether oxygens (including phenoxy) is 2. The zero-order valence-electron chi connectivity index (χ0n) is 15.1. The molecule has 0 radical (unpaired) electrons. The smallest absolute Gasteiger partial charge is 0.418 e. The average molecular weight is 391 g/mol. The molecule has 1 unspecified atom stereocenters. The molecule has 3 N–H and O–H groups in total. The summed E-state index contributed by atoms with van der Waals surface area (Å²) in [6.07, 6.45) is -6.62. The standard InChI is InChI=1S/C17H21F4N3O3/c1-15(2,3)27-14(25)23-13-9-26-7-6-16(24-13,17(19,20)21)11-8-10(22)4-5-12(11)18/h4-5,8H,6-7,9,22H2,1-3H3,(H,23,24,25). The molecule has 150 valence electrons. The lowest BCUT2D eigenvalue weighted by Crippen LogP contribution is -2.45. The molecule has 1 amide bonds. The number of benzene rings is 1. The number of nitrogen functional groups attached to an aromatic ring is 1. The van der Waals surface area contributed by atoms with E-state index in [9.17, 15) is 22.4 Å². The van der Waals surface area contributed by atoms with Crippen molar-refractivity contribution in [1.29, 1.82) is 0 Å². The number of rotatable bonds is 1. The molecular weight excluding hydrogens is 370 g/mol. The number of nitrogens with zero attached hydrogens (tertiary/aromatic N) is 1. The topological polar surface area (TPSA) is 85.9 Å². The quantitative estimate of drug-likeness (QED) is 0.567. The van der Waals surface area contributed by atoms with E-state index >= 15 is 0 Å². The SMILES string of the molecule is CC(C)(C)OC(=O)NC1=NC(c2cc(N)ccc2F)(C(F)(F)F)CCOC1. The zero-order valence-corrected chi connectivity index (χ0v) is 15.1. The van der Waals surface area contributed by atoms with Crippen LogP contribution in [-0.4, -0.2) is 36.9 Å². The summed E-state index contributed by atoms with van der Waals surface area (Å²) in [6.45, 7) is 4.05. The van der Waals surface area contributed by atoms with E-state index in [1.807, 2.05) is 0 Å². The number of nitrogens with two attached hydrogens (primary N) is 1. The van der Waals surface area contributed by atoms with E-state index < -0.39 is 47.0 Å². The van der Waals surface area contributed by atoms with Crippen molar-refractivity contribution in [3.63, 3.8) is 0 Å². The fourth-order valence-corrected chi connectivity index (χ4v) is 2.61. The van der Waals surface area contributed by atoms with Crippen LogP contribution in [0.5, 0.6) is 0 Å². The molecule has 0 fully saturated rings. The van der Waals surface area contributed by atoms with Gasteiger partial charge in [-0.3, -0.25) is 5.32 Å². The summed E-state index contributed by atoms with van der Waals surface area (Å²) in [5, 5.41) is 2.16. The third-order valence-corrected chi connectivity index (χ3v) is 3.72. The minimum Gasteiger partial charge on any atom is -0.444 e. The van der Waals surface area contributed by atoms with Crippen LogP contribution in [0.3, 0.4) is 0 Å². The van der Waals surface area contributed by atoms with Crippen molar-refractivity contribution in [2.24, 2.45) is 4.99 Å². The molecule has 0 saturated heterocycles. The van der Waals surface area contributed by atoms with Crippen molar-refractivity contribution in [2.45, 2.75) is 44.5 Å². The highest BCUT2D eigenvalue weighted by Gasteiger charge is 2.58. The number of alkyl carbamates (subject to hydrolysis) is 1. The maximum Gasteiger partial charge on any atom is 0.418 e. The van der Waals surface area contributed by atoms with Gasteiger partial charge in [0.25, 0.3) is 0 Å². The van der Waals surface area contributed by atoms with Crippen LogP contribution in [0.1, 0.15) is 32.8 Å². The summed E-state index contributed by atoms with van der Waals surface area (Å²) < 4.78 is 66.6. The first-order chi connectivity index (χ1) is 12.3. The number of alkyl halides is 3. The monoisotopic (exact) mass is 391 g/mol. The largest absolute Gasteiger partial charge is 0.444 e. The van der Waals surface area contributed by atoms with Gasteiger partial charge in [-0.15, -0.1) is 0 Å². The van der Waals surface area contributed by atoms with Crippen molar-refractivity contribution < 1.29 is 31.8 Å². The molecule has 1 atom stereocenters. The van der Waals surface area contributed by atoms with Crippen molar-refractivity contribution >= 4 is 17.6 Å². The van der Waals surface area contributed by atoms with Gasteiger partial charge in [0.15, 0.2) is 5.54 Å². The number of hydrogen-bond donors (Lipinski definition) is 2. The van der Waals surface area contributed by atoms with Gasteiger partial charge in [0.1, 0.15) is 23.9 Å². The Morgan fingerprint density at radius 3 is 2.59 bits per heavy atom. The number of hydrogen-bond acceptors (Lipinski definition) is 5. The summed E-state index contributed by atoms with van der Waals surface area (Å²) in [6, 6.07) is 2.89. The van der Waals surface area contributed by atoms with Crippen LogP contribution in [0.4, 0.5) is 28.0 Å². The molecule has 0 aromatic heterocycles. The van der Waals surface area contributed by atoms with E-state index in [2.05, 4.69) is 10.3 Å². The second kappa shape index (κ2) is 7.34. The van der Waals surface area contributed by atoms with Crippen LogP contribution in [-0.2, 0) is 15.0 Å². The Kier molecular flexibility index (Phi) is 5.69. The van der Waals surface area contributed by atoms with Crippen molar-refractivity contribution in [1.82, 2.24) is 5.32 Å². The number of halogens is 4. The van der Waals surface area contributed by atoms with E-state index in [1.165, 1.54) is 0 Å². The molecule has 0 bridgehead atoms. The van der Waals surface area contributed by atoms with Gasteiger partial charge in [0.2, 0.25) is 0 Å². The van der Waals surface area contributed by atoms with Crippen LogP contribution >= 0.6 is 0 Å². The molecule has 27 heavy (non-hydrogen) atoms. The van der Waals surface area contributed by atoms with Gasteiger partial charge in [0, 0.05) is 17.7 Å². The van der Waals surface area contributed by atoms with Crippen LogP contribution < -0.4 is 11.1 Å². The Hall–Kier alpha value is -2.36. The van der Waals surface area contributed by atoms with Crippen molar-refractivity contribution in [3.05, 3.63) is 29.6 Å². The normalized spacial score (nSPS) is 21.2. The van der Waals surface area contributed by atoms with Gasteiger partial charge in [-0.05, 0) is 39.0 Å². The second-order valence-electron chi connectivity index (χ2n) is 7.09. The summed E-state index contributed by atoms with van der Waals surface area (Å²) in [7, 11) is 0. The first-order valence-electron chi connectivity index (χ1n) is 8.13. The molecule has 1 aliphatic heterocycles. The minimum atomic E-state index is -4.96. The molecule has 1 aromatic rings. The van der Waals surface area contributed by atoms with E-state index in [-0.39, 0.29) is 18.9 Å². The number of amides is 1. The Morgan fingerprint density at radius 1 is 1.33 bits per heavy atom.